The lowest BCUT2D eigenvalue weighted by Crippen LogP contribution is -2.32. The summed E-state index contributed by atoms with van der Waals surface area (Å²) in [5.41, 5.74) is 2.91. The van der Waals surface area contributed by atoms with E-state index in [1.54, 1.807) is 12.3 Å². The zero-order valence-electron chi connectivity index (χ0n) is 21.1. The first-order valence-electron chi connectivity index (χ1n) is 12.4. The third-order valence-corrected chi connectivity index (χ3v) is 6.80. The van der Waals surface area contributed by atoms with Gasteiger partial charge in [-0.1, -0.05) is 6.92 Å². The smallest absolute Gasteiger partial charge is 0.227 e. The number of fused-ring (bicyclic) bond motifs is 1. The van der Waals surface area contributed by atoms with Crippen molar-refractivity contribution in [3.8, 4) is 11.3 Å². The van der Waals surface area contributed by atoms with E-state index in [-0.39, 0.29) is 23.2 Å². The molecule has 1 aliphatic heterocycles. The number of anilines is 2. The maximum absolute atomic E-state index is 14.9. The predicted molar refractivity (Wildman–Crippen MR) is 137 cm³/mol. The highest BCUT2D eigenvalue weighted by molar-refractivity contribution is 5.83. The highest BCUT2D eigenvalue weighted by atomic mass is 19.1. The van der Waals surface area contributed by atoms with Crippen LogP contribution in [0.1, 0.15) is 51.2 Å². The van der Waals surface area contributed by atoms with Crippen molar-refractivity contribution in [2.75, 3.05) is 18.4 Å². The minimum Gasteiger partial charge on any atom is -0.326 e. The van der Waals surface area contributed by atoms with Gasteiger partial charge in [0.2, 0.25) is 5.95 Å². The van der Waals surface area contributed by atoms with Gasteiger partial charge in [0.05, 0.1) is 29.3 Å². The number of piperidine rings is 1. The molecule has 0 bridgehead atoms. The normalized spacial score (nSPS) is 15.2. The Labute approximate surface area is 209 Å². The van der Waals surface area contributed by atoms with Gasteiger partial charge in [0.1, 0.15) is 17.0 Å². The number of aromatic nitrogens is 5. The summed E-state index contributed by atoms with van der Waals surface area (Å²) in [6.45, 7) is 11.1. The number of nitrogens with zero attached hydrogens (tertiary/aromatic N) is 6. The minimum atomic E-state index is -0.629. The van der Waals surface area contributed by atoms with Crippen molar-refractivity contribution in [3.05, 3.63) is 59.8 Å². The van der Waals surface area contributed by atoms with Gasteiger partial charge >= 0.3 is 0 Å². The number of halogens is 2. The van der Waals surface area contributed by atoms with Crippen molar-refractivity contribution >= 4 is 22.7 Å². The van der Waals surface area contributed by atoms with Crippen LogP contribution in [0.25, 0.3) is 22.3 Å². The summed E-state index contributed by atoms with van der Waals surface area (Å²) in [7, 11) is 0. The van der Waals surface area contributed by atoms with Crippen molar-refractivity contribution in [3.63, 3.8) is 0 Å². The predicted octanol–water partition coefficient (Wildman–Crippen LogP) is 6.03. The summed E-state index contributed by atoms with van der Waals surface area (Å²) < 4.78 is 31.6. The average Bonchev–Trinajstić information content (AvgIpc) is 3.19. The van der Waals surface area contributed by atoms with Gasteiger partial charge in [-0.15, -0.1) is 0 Å². The molecule has 0 spiro atoms. The number of hydrogen-bond acceptors (Lipinski definition) is 6. The van der Waals surface area contributed by atoms with Crippen LogP contribution in [0.5, 0.6) is 0 Å². The number of benzene rings is 1. The number of hydrogen-bond donors (Lipinski definition) is 1. The summed E-state index contributed by atoms with van der Waals surface area (Å²) in [4.78, 5) is 19.8. The quantitative estimate of drug-likeness (QED) is 0.355. The largest absolute Gasteiger partial charge is 0.326 e. The van der Waals surface area contributed by atoms with Gasteiger partial charge in [-0.2, -0.15) is 0 Å². The van der Waals surface area contributed by atoms with Crippen LogP contribution in [-0.4, -0.2) is 42.5 Å². The molecular weight excluding hydrogens is 460 g/mol. The van der Waals surface area contributed by atoms with Crippen molar-refractivity contribution in [2.45, 2.75) is 53.1 Å². The third-order valence-electron chi connectivity index (χ3n) is 6.80. The third kappa shape index (κ3) is 4.93. The van der Waals surface area contributed by atoms with E-state index in [1.165, 1.54) is 18.9 Å². The van der Waals surface area contributed by atoms with E-state index in [0.29, 0.717) is 22.6 Å². The molecule has 0 atom stereocenters. The van der Waals surface area contributed by atoms with E-state index >= 15 is 0 Å². The molecule has 0 saturated carbocycles. The molecule has 4 heterocycles. The number of likely N-dealkylation sites (tertiary alicyclic amines) is 1. The molecule has 0 unspecified atom stereocenters. The van der Waals surface area contributed by atoms with E-state index in [0.717, 1.165) is 37.4 Å². The Morgan fingerprint density at radius 3 is 2.50 bits per heavy atom. The summed E-state index contributed by atoms with van der Waals surface area (Å²) in [5.74, 6) is 0.560. The number of aryl methyl sites for hydroxylation is 1. The van der Waals surface area contributed by atoms with Crippen LogP contribution in [-0.2, 0) is 6.54 Å². The van der Waals surface area contributed by atoms with Crippen LogP contribution in [0.15, 0.2) is 36.7 Å². The molecule has 9 heteroatoms. The van der Waals surface area contributed by atoms with Gasteiger partial charge in [0.15, 0.2) is 11.6 Å². The standard InChI is InChI=1S/C27H31F2N7/c1-16(2)36-18(4)32-26-22(28)11-19(12-24(26)36)25-23(29)14-31-27(34-25)33-20-5-6-21(30-13-20)15-35-9-7-17(3)8-10-35/h5-6,11-14,16-17H,7-10,15H2,1-4H3,(H,31,33,34). The molecule has 0 amide bonds. The van der Waals surface area contributed by atoms with Crippen molar-refractivity contribution in [2.24, 2.45) is 5.92 Å². The van der Waals surface area contributed by atoms with Crippen molar-refractivity contribution in [1.82, 2.24) is 29.4 Å². The fourth-order valence-corrected chi connectivity index (χ4v) is 4.86. The molecule has 1 fully saturated rings. The van der Waals surface area contributed by atoms with Gasteiger partial charge in [-0.05, 0) is 76.9 Å². The van der Waals surface area contributed by atoms with Gasteiger partial charge < -0.3 is 9.88 Å². The summed E-state index contributed by atoms with van der Waals surface area (Å²) in [5, 5.41) is 3.09. The van der Waals surface area contributed by atoms with Crippen molar-refractivity contribution < 1.29 is 8.78 Å². The van der Waals surface area contributed by atoms with E-state index < -0.39 is 11.6 Å². The Hall–Kier alpha value is -3.46. The van der Waals surface area contributed by atoms with Crippen LogP contribution in [0.3, 0.4) is 0 Å². The summed E-state index contributed by atoms with van der Waals surface area (Å²) in [6, 6.07) is 6.96. The molecule has 1 saturated heterocycles. The number of pyridine rings is 1. The van der Waals surface area contributed by atoms with Crippen LogP contribution in [0.2, 0.25) is 0 Å². The Morgan fingerprint density at radius 2 is 1.81 bits per heavy atom. The molecule has 5 rings (SSSR count). The fraction of sp³-hybridized carbons (Fsp3) is 0.407. The Bertz CT molecular complexity index is 1370. The molecule has 1 N–H and O–H groups in total. The van der Waals surface area contributed by atoms with Gasteiger partial charge in [-0.25, -0.2) is 23.7 Å². The highest BCUT2D eigenvalue weighted by Crippen LogP contribution is 2.30. The molecule has 188 valence electrons. The van der Waals surface area contributed by atoms with Gasteiger partial charge in [0, 0.05) is 18.2 Å². The zero-order valence-corrected chi connectivity index (χ0v) is 21.1. The first-order chi connectivity index (χ1) is 17.3. The van der Waals surface area contributed by atoms with Gasteiger partial charge in [0.25, 0.3) is 0 Å². The molecule has 0 radical (unpaired) electrons. The van der Waals surface area contributed by atoms with Gasteiger partial charge in [-0.3, -0.25) is 9.88 Å². The molecule has 3 aromatic heterocycles. The second kappa shape index (κ2) is 9.89. The molecule has 0 aliphatic carbocycles. The molecule has 36 heavy (non-hydrogen) atoms. The Kier molecular flexibility index (Phi) is 6.66. The van der Waals surface area contributed by atoms with Crippen LogP contribution in [0, 0.1) is 24.5 Å². The van der Waals surface area contributed by atoms with Crippen LogP contribution in [0.4, 0.5) is 20.4 Å². The van der Waals surface area contributed by atoms with Crippen molar-refractivity contribution in [1.29, 1.82) is 0 Å². The van der Waals surface area contributed by atoms with E-state index in [1.807, 2.05) is 37.5 Å². The zero-order chi connectivity index (χ0) is 25.4. The maximum atomic E-state index is 14.9. The fourth-order valence-electron chi connectivity index (χ4n) is 4.86. The van der Waals surface area contributed by atoms with Crippen LogP contribution < -0.4 is 5.32 Å². The molecule has 1 aliphatic rings. The Balaban J connectivity index is 1.38. The molecular formula is C27H31F2N7. The summed E-state index contributed by atoms with van der Waals surface area (Å²) in [6.07, 6.45) is 5.27. The lowest BCUT2D eigenvalue weighted by molar-refractivity contribution is 0.183. The first kappa shape index (κ1) is 24.2. The lowest BCUT2D eigenvalue weighted by Gasteiger charge is -2.29. The summed E-state index contributed by atoms with van der Waals surface area (Å²) >= 11 is 0. The monoisotopic (exact) mass is 491 g/mol. The minimum absolute atomic E-state index is 0.0198. The highest BCUT2D eigenvalue weighted by Gasteiger charge is 2.19. The number of imidazole rings is 1. The maximum Gasteiger partial charge on any atom is 0.227 e. The average molecular weight is 492 g/mol. The molecule has 4 aromatic rings. The lowest BCUT2D eigenvalue weighted by atomic mass is 9.99. The molecule has 7 nitrogen and oxygen atoms in total. The topological polar surface area (TPSA) is 71.8 Å². The van der Waals surface area contributed by atoms with E-state index in [4.69, 9.17) is 0 Å². The van der Waals surface area contributed by atoms with E-state index in [2.05, 4.69) is 37.1 Å². The molecule has 1 aromatic carbocycles. The first-order valence-corrected chi connectivity index (χ1v) is 12.4. The number of nitrogens with one attached hydrogen (secondary N) is 1. The van der Waals surface area contributed by atoms with Crippen LogP contribution >= 0.6 is 0 Å². The Morgan fingerprint density at radius 1 is 1.03 bits per heavy atom. The van der Waals surface area contributed by atoms with E-state index in [9.17, 15) is 8.78 Å². The number of rotatable bonds is 6. The SMILES string of the molecule is Cc1nc2c(F)cc(-c3nc(Nc4ccc(CN5CCC(C)CC5)nc4)ncc3F)cc2n1C(C)C. The second-order valence-corrected chi connectivity index (χ2v) is 9.96. The second-order valence-electron chi connectivity index (χ2n) is 9.96.